The van der Waals surface area contributed by atoms with Crippen LogP contribution in [0.1, 0.15) is 12.5 Å². The van der Waals surface area contributed by atoms with Crippen molar-refractivity contribution in [1.82, 2.24) is 5.32 Å². The van der Waals surface area contributed by atoms with Crippen molar-refractivity contribution in [3.05, 3.63) is 34.9 Å². The Morgan fingerprint density at radius 1 is 1.32 bits per heavy atom. The quantitative estimate of drug-likeness (QED) is 0.615. The Morgan fingerprint density at radius 2 is 1.95 bits per heavy atom. The van der Waals surface area contributed by atoms with Crippen LogP contribution in [-0.2, 0) is 20.7 Å². The number of carbonyl (C=O) groups is 1. The number of benzene rings is 1. The second-order valence-corrected chi connectivity index (χ2v) is 4.98. The maximum Gasteiger partial charge on any atom is 0.326 e. The van der Waals surface area contributed by atoms with Crippen LogP contribution in [0.25, 0.3) is 0 Å². The maximum absolute atomic E-state index is 11.9. The van der Waals surface area contributed by atoms with Gasteiger partial charge in [0.05, 0.1) is 13.7 Å². The molecule has 0 heterocycles. The molecule has 1 N–H and O–H groups in total. The summed E-state index contributed by atoms with van der Waals surface area (Å²) in [6.45, 7) is 2.94. The maximum atomic E-state index is 11.9. The molecule has 0 saturated heterocycles. The van der Waals surface area contributed by atoms with Crippen molar-refractivity contribution in [2.24, 2.45) is 0 Å². The largest absolute Gasteiger partial charge is 0.468 e. The van der Waals surface area contributed by atoms with Crippen LogP contribution in [0, 0.1) is 0 Å². The van der Waals surface area contributed by atoms with E-state index in [1.165, 1.54) is 7.11 Å². The Labute approximate surface area is 119 Å². The Bertz CT molecular complexity index is 408. The number of esters is 1. The highest BCUT2D eigenvalue weighted by Gasteiger charge is 2.33. The van der Waals surface area contributed by atoms with E-state index in [4.69, 9.17) is 21.1 Å². The molecule has 1 aromatic rings. The van der Waals surface area contributed by atoms with Crippen molar-refractivity contribution in [3.63, 3.8) is 0 Å². The predicted octanol–water partition coefficient (Wildman–Crippen LogP) is 2.05. The van der Waals surface area contributed by atoms with Crippen LogP contribution in [0.2, 0.25) is 5.02 Å². The van der Waals surface area contributed by atoms with E-state index in [9.17, 15) is 4.79 Å². The molecule has 0 bridgehead atoms. The van der Waals surface area contributed by atoms with E-state index in [1.807, 2.05) is 31.2 Å². The van der Waals surface area contributed by atoms with E-state index in [0.29, 0.717) is 24.6 Å². The average Bonchev–Trinajstić information content (AvgIpc) is 2.41. The number of methoxy groups -OCH3 is 2. The Hall–Kier alpha value is -1.10. The van der Waals surface area contributed by atoms with Gasteiger partial charge in [-0.05, 0) is 24.6 Å². The molecule has 1 rings (SSSR count). The Kier molecular flexibility index (Phi) is 6.28. The molecule has 1 atom stereocenters. The number of halogens is 1. The topological polar surface area (TPSA) is 47.6 Å². The highest BCUT2D eigenvalue weighted by molar-refractivity contribution is 6.30. The van der Waals surface area contributed by atoms with Crippen molar-refractivity contribution in [1.29, 1.82) is 0 Å². The molecule has 5 heteroatoms. The average molecular weight is 286 g/mol. The Morgan fingerprint density at radius 3 is 2.47 bits per heavy atom. The lowest BCUT2D eigenvalue weighted by atomic mass is 9.92. The minimum Gasteiger partial charge on any atom is -0.468 e. The van der Waals surface area contributed by atoms with Crippen molar-refractivity contribution in [2.45, 2.75) is 18.9 Å². The highest BCUT2D eigenvalue weighted by Crippen LogP contribution is 2.17. The van der Waals surface area contributed by atoms with Crippen LogP contribution < -0.4 is 5.32 Å². The van der Waals surface area contributed by atoms with E-state index in [2.05, 4.69) is 5.32 Å². The zero-order chi connectivity index (χ0) is 14.3. The summed E-state index contributed by atoms with van der Waals surface area (Å²) >= 11 is 5.85. The van der Waals surface area contributed by atoms with Gasteiger partial charge in [-0.3, -0.25) is 10.1 Å². The van der Waals surface area contributed by atoms with Gasteiger partial charge in [0.15, 0.2) is 0 Å². The van der Waals surface area contributed by atoms with E-state index < -0.39 is 5.54 Å². The van der Waals surface area contributed by atoms with Crippen molar-refractivity contribution >= 4 is 17.6 Å². The monoisotopic (exact) mass is 285 g/mol. The smallest absolute Gasteiger partial charge is 0.326 e. The fourth-order valence-corrected chi connectivity index (χ4v) is 2.00. The highest BCUT2D eigenvalue weighted by atomic mass is 35.5. The summed E-state index contributed by atoms with van der Waals surface area (Å²) < 4.78 is 9.86. The summed E-state index contributed by atoms with van der Waals surface area (Å²) in [6, 6.07) is 7.43. The fraction of sp³-hybridized carbons (Fsp3) is 0.500. The summed E-state index contributed by atoms with van der Waals surface area (Å²) in [7, 11) is 3.01. The molecule has 0 radical (unpaired) electrons. The molecule has 0 saturated carbocycles. The third kappa shape index (κ3) is 4.82. The summed E-state index contributed by atoms with van der Waals surface area (Å²) in [6.07, 6.45) is 0.528. The molecule has 0 aliphatic heterocycles. The van der Waals surface area contributed by atoms with Gasteiger partial charge in [-0.25, -0.2) is 0 Å². The van der Waals surface area contributed by atoms with Gasteiger partial charge in [-0.15, -0.1) is 0 Å². The van der Waals surface area contributed by atoms with Crippen LogP contribution in [-0.4, -0.2) is 38.9 Å². The van der Waals surface area contributed by atoms with Gasteiger partial charge in [-0.1, -0.05) is 23.7 Å². The first-order chi connectivity index (χ1) is 9.01. The molecule has 0 aromatic heterocycles. The molecule has 0 spiro atoms. The molecular weight excluding hydrogens is 266 g/mol. The lowest BCUT2D eigenvalue weighted by molar-refractivity contribution is -0.148. The lowest BCUT2D eigenvalue weighted by Crippen LogP contribution is -2.52. The first kappa shape index (κ1) is 16.0. The molecule has 19 heavy (non-hydrogen) atoms. The number of hydrogen-bond donors (Lipinski definition) is 1. The summed E-state index contributed by atoms with van der Waals surface area (Å²) in [4.78, 5) is 11.9. The van der Waals surface area contributed by atoms with Crippen LogP contribution >= 0.6 is 11.6 Å². The number of carbonyl (C=O) groups excluding carboxylic acids is 1. The lowest BCUT2D eigenvalue weighted by Gasteiger charge is -2.28. The molecule has 0 aliphatic carbocycles. The van der Waals surface area contributed by atoms with E-state index in [-0.39, 0.29) is 5.97 Å². The van der Waals surface area contributed by atoms with Crippen LogP contribution in [0.4, 0.5) is 0 Å². The van der Waals surface area contributed by atoms with Gasteiger partial charge in [-0.2, -0.15) is 0 Å². The minimum atomic E-state index is -0.777. The molecule has 1 unspecified atom stereocenters. The molecule has 0 fully saturated rings. The van der Waals surface area contributed by atoms with Gasteiger partial charge >= 0.3 is 5.97 Å². The van der Waals surface area contributed by atoms with E-state index in [1.54, 1.807) is 7.11 Å². The zero-order valence-electron chi connectivity index (χ0n) is 11.5. The number of nitrogens with one attached hydrogen (secondary N) is 1. The second kappa shape index (κ2) is 7.48. The standard InChI is InChI=1S/C14H20ClNO3/c1-14(13(17)19-3,16-8-9-18-2)10-11-4-6-12(15)7-5-11/h4-7,16H,8-10H2,1-3H3. The SMILES string of the molecule is COCCNC(C)(Cc1ccc(Cl)cc1)C(=O)OC. The summed E-state index contributed by atoms with van der Waals surface area (Å²) in [5.41, 5.74) is 0.239. The number of ether oxygens (including phenoxy) is 2. The predicted molar refractivity (Wildman–Crippen MR) is 75.5 cm³/mol. The number of rotatable bonds is 7. The van der Waals surface area contributed by atoms with Crippen molar-refractivity contribution < 1.29 is 14.3 Å². The van der Waals surface area contributed by atoms with Crippen molar-refractivity contribution in [2.75, 3.05) is 27.4 Å². The molecule has 1 aromatic carbocycles. The summed E-state index contributed by atoms with van der Waals surface area (Å²) in [5.74, 6) is -0.293. The zero-order valence-corrected chi connectivity index (χ0v) is 12.3. The number of hydrogen-bond acceptors (Lipinski definition) is 4. The molecule has 106 valence electrons. The van der Waals surface area contributed by atoms with E-state index in [0.717, 1.165) is 5.56 Å². The normalized spacial score (nSPS) is 13.9. The van der Waals surface area contributed by atoms with Crippen molar-refractivity contribution in [3.8, 4) is 0 Å². The van der Waals surface area contributed by atoms with Crippen LogP contribution in [0.15, 0.2) is 24.3 Å². The van der Waals surface area contributed by atoms with Gasteiger partial charge in [0.1, 0.15) is 5.54 Å². The molecular formula is C14H20ClNO3. The van der Waals surface area contributed by atoms with Crippen LogP contribution in [0.3, 0.4) is 0 Å². The third-order valence-corrected chi connectivity index (χ3v) is 3.18. The minimum absolute atomic E-state index is 0.293. The second-order valence-electron chi connectivity index (χ2n) is 4.55. The Balaban J connectivity index is 2.78. The summed E-state index contributed by atoms with van der Waals surface area (Å²) in [5, 5.41) is 3.86. The van der Waals surface area contributed by atoms with Crippen LogP contribution in [0.5, 0.6) is 0 Å². The van der Waals surface area contributed by atoms with Gasteiger partial charge in [0.25, 0.3) is 0 Å². The molecule has 0 aliphatic rings. The molecule has 4 nitrogen and oxygen atoms in total. The third-order valence-electron chi connectivity index (χ3n) is 2.93. The first-order valence-corrected chi connectivity index (χ1v) is 6.46. The van der Waals surface area contributed by atoms with E-state index >= 15 is 0 Å². The molecule has 0 amide bonds. The first-order valence-electron chi connectivity index (χ1n) is 6.08. The van der Waals surface area contributed by atoms with Gasteiger partial charge in [0, 0.05) is 25.1 Å². The fourth-order valence-electron chi connectivity index (χ4n) is 1.87. The van der Waals surface area contributed by atoms with Gasteiger partial charge in [0.2, 0.25) is 0 Å². The van der Waals surface area contributed by atoms with Gasteiger partial charge < -0.3 is 9.47 Å².